The molecule has 0 bridgehead atoms. The Labute approximate surface area is 104 Å². The Bertz CT molecular complexity index is 312. The molecule has 1 amide bonds. The fourth-order valence-electron chi connectivity index (χ4n) is 1.84. The van der Waals surface area contributed by atoms with Crippen molar-refractivity contribution in [3.63, 3.8) is 0 Å². The summed E-state index contributed by atoms with van der Waals surface area (Å²) >= 11 is 0. The number of nitrogens with two attached hydrogens (primary N) is 1. The van der Waals surface area contributed by atoms with E-state index in [1.165, 1.54) is 0 Å². The molecule has 2 atom stereocenters. The molecule has 1 saturated heterocycles. The van der Waals surface area contributed by atoms with Gasteiger partial charge in [-0.05, 0) is 33.6 Å². The average molecular weight is 268 g/mol. The highest BCUT2D eigenvalue weighted by Crippen LogP contribution is 2.32. The average Bonchev–Trinajstić information content (AvgIpc) is 2.13. The highest BCUT2D eigenvalue weighted by atomic mass is 19.4. The number of likely N-dealkylation sites (tertiary alicyclic amines) is 1. The van der Waals surface area contributed by atoms with Crippen molar-refractivity contribution in [3.8, 4) is 0 Å². The second kappa shape index (κ2) is 4.95. The monoisotopic (exact) mass is 268 g/mol. The number of rotatable bonds is 0. The molecule has 0 aliphatic carbocycles. The summed E-state index contributed by atoms with van der Waals surface area (Å²) < 4.78 is 43.5. The Morgan fingerprint density at radius 3 is 2.33 bits per heavy atom. The number of hydrogen-bond donors (Lipinski definition) is 1. The van der Waals surface area contributed by atoms with E-state index in [0.717, 1.165) is 4.90 Å². The zero-order valence-corrected chi connectivity index (χ0v) is 10.8. The molecule has 106 valence electrons. The van der Waals surface area contributed by atoms with Crippen molar-refractivity contribution >= 4 is 6.09 Å². The number of hydrogen-bond acceptors (Lipinski definition) is 3. The maximum absolute atomic E-state index is 12.9. The minimum Gasteiger partial charge on any atom is -0.444 e. The van der Waals surface area contributed by atoms with Crippen molar-refractivity contribution in [1.29, 1.82) is 0 Å². The van der Waals surface area contributed by atoms with Crippen molar-refractivity contribution < 1.29 is 22.7 Å². The van der Waals surface area contributed by atoms with E-state index in [0.29, 0.717) is 6.42 Å². The molecular formula is C11H19F3N2O2. The number of alkyl halides is 3. The van der Waals surface area contributed by atoms with Crippen LogP contribution in [0.1, 0.15) is 33.6 Å². The molecule has 0 aromatic carbocycles. The van der Waals surface area contributed by atoms with Gasteiger partial charge in [0.05, 0.1) is 0 Å². The Morgan fingerprint density at radius 1 is 1.33 bits per heavy atom. The molecule has 0 saturated carbocycles. The Kier molecular flexibility index (Phi) is 4.15. The molecule has 2 N–H and O–H groups in total. The molecule has 1 rings (SSSR count). The predicted molar refractivity (Wildman–Crippen MR) is 60.0 cm³/mol. The third-order valence-corrected chi connectivity index (χ3v) is 2.65. The number of piperidine rings is 1. The third-order valence-electron chi connectivity index (χ3n) is 2.65. The van der Waals surface area contributed by atoms with E-state index in [1.54, 1.807) is 20.8 Å². The molecule has 1 heterocycles. The maximum Gasteiger partial charge on any atom is 0.410 e. The minimum atomic E-state index is -4.48. The number of amides is 1. The van der Waals surface area contributed by atoms with Crippen molar-refractivity contribution in [2.24, 2.45) is 5.73 Å². The molecule has 18 heavy (non-hydrogen) atoms. The third kappa shape index (κ3) is 4.04. The minimum absolute atomic E-state index is 0.0275. The Balaban J connectivity index is 2.81. The van der Waals surface area contributed by atoms with Gasteiger partial charge in [0, 0.05) is 12.6 Å². The molecule has 1 fully saturated rings. The molecule has 0 radical (unpaired) electrons. The van der Waals surface area contributed by atoms with E-state index in [-0.39, 0.29) is 13.0 Å². The highest BCUT2D eigenvalue weighted by molar-refractivity contribution is 5.68. The molecular weight excluding hydrogens is 249 g/mol. The van der Waals surface area contributed by atoms with Crippen molar-refractivity contribution in [1.82, 2.24) is 4.90 Å². The quantitative estimate of drug-likeness (QED) is 0.733. The van der Waals surface area contributed by atoms with Gasteiger partial charge in [0.25, 0.3) is 0 Å². The summed E-state index contributed by atoms with van der Waals surface area (Å²) in [6.45, 7) is 4.82. The molecule has 0 aromatic heterocycles. The van der Waals surface area contributed by atoms with Crippen LogP contribution in [0.5, 0.6) is 0 Å². The van der Waals surface area contributed by atoms with Crippen LogP contribution in [0.4, 0.5) is 18.0 Å². The van der Waals surface area contributed by atoms with E-state index < -0.39 is 30.0 Å². The summed E-state index contributed by atoms with van der Waals surface area (Å²) in [6.07, 6.45) is -5.33. The van der Waals surface area contributed by atoms with Crippen LogP contribution in [-0.4, -0.2) is 41.4 Å². The SMILES string of the molecule is CC(C)(C)OC(=O)N1CCC(N)CC1C(F)(F)F. The molecule has 2 unspecified atom stereocenters. The van der Waals surface area contributed by atoms with Crippen LogP contribution in [0, 0.1) is 0 Å². The largest absolute Gasteiger partial charge is 0.444 e. The summed E-state index contributed by atoms with van der Waals surface area (Å²) in [5, 5.41) is 0. The van der Waals surface area contributed by atoms with Crippen LogP contribution in [0.2, 0.25) is 0 Å². The van der Waals surface area contributed by atoms with E-state index in [4.69, 9.17) is 10.5 Å². The van der Waals surface area contributed by atoms with E-state index in [9.17, 15) is 18.0 Å². The van der Waals surface area contributed by atoms with Crippen LogP contribution < -0.4 is 5.73 Å². The van der Waals surface area contributed by atoms with Crippen LogP contribution in [-0.2, 0) is 4.74 Å². The van der Waals surface area contributed by atoms with Crippen molar-refractivity contribution in [2.45, 2.75) is 57.5 Å². The number of carbonyl (C=O) groups is 1. The van der Waals surface area contributed by atoms with Crippen LogP contribution in [0.3, 0.4) is 0 Å². The van der Waals surface area contributed by atoms with Gasteiger partial charge in [-0.1, -0.05) is 0 Å². The van der Waals surface area contributed by atoms with Gasteiger partial charge < -0.3 is 10.5 Å². The Morgan fingerprint density at radius 2 is 1.89 bits per heavy atom. The normalized spacial score (nSPS) is 26.1. The first kappa shape index (κ1) is 15.1. The van der Waals surface area contributed by atoms with Gasteiger partial charge in [0.15, 0.2) is 0 Å². The predicted octanol–water partition coefficient (Wildman–Crippen LogP) is 2.28. The summed E-state index contributed by atoms with van der Waals surface area (Å²) in [6, 6.07) is -2.38. The smallest absolute Gasteiger partial charge is 0.410 e. The van der Waals surface area contributed by atoms with Crippen LogP contribution in [0.25, 0.3) is 0 Å². The lowest BCUT2D eigenvalue weighted by atomic mass is 9.98. The van der Waals surface area contributed by atoms with Crippen LogP contribution in [0.15, 0.2) is 0 Å². The van der Waals surface area contributed by atoms with Gasteiger partial charge in [-0.25, -0.2) is 4.79 Å². The molecule has 0 spiro atoms. The van der Waals surface area contributed by atoms with E-state index >= 15 is 0 Å². The van der Waals surface area contributed by atoms with Gasteiger partial charge in [0.2, 0.25) is 0 Å². The highest BCUT2D eigenvalue weighted by Gasteiger charge is 2.48. The van der Waals surface area contributed by atoms with Crippen molar-refractivity contribution in [2.75, 3.05) is 6.54 Å². The standard InChI is InChI=1S/C11H19F3N2O2/c1-10(2,3)18-9(17)16-5-4-7(15)6-8(16)11(12,13)14/h7-8H,4-6,15H2,1-3H3. The molecule has 7 heteroatoms. The molecule has 1 aliphatic rings. The number of ether oxygens (including phenoxy) is 1. The summed E-state index contributed by atoms with van der Waals surface area (Å²) in [4.78, 5) is 12.5. The lowest BCUT2D eigenvalue weighted by Gasteiger charge is -2.39. The van der Waals surface area contributed by atoms with E-state index in [1.807, 2.05) is 0 Å². The summed E-state index contributed by atoms with van der Waals surface area (Å²) in [5.41, 5.74) is 4.72. The van der Waals surface area contributed by atoms with Gasteiger partial charge in [0.1, 0.15) is 11.6 Å². The number of nitrogens with zero attached hydrogens (tertiary/aromatic N) is 1. The van der Waals surface area contributed by atoms with Gasteiger partial charge >= 0.3 is 12.3 Å². The summed E-state index contributed by atoms with van der Waals surface area (Å²) in [7, 11) is 0. The molecule has 0 aromatic rings. The number of carbonyl (C=O) groups excluding carboxylic acids is 1. The topological polar surface area (TPSA) is 55.6 Å². The first-order valence-corrected chi connectivity index (χ1v) is 5.82. The number of halogens is 3. The fraction of sp³-hybridized carbons (Fsp3) is 0.909. The first-order chi connectivity index (χ1) is 8.00. The second-order valence-corrected chi connectivity index (χ2v) is 5.52. The van der Waals surface area contributed by atoms with Gasteiger partial charge in [-0.3, -0.25) is 4.90 Å². The first-order valence-electron chi connectivity index (χ1n) is 5.82. The lowest BCUT2D eigenvalue weighted by molar-refractivity contribution is -0.188. The molecule has 1 aliphatic heterocycles. The zero-order chi connectivity index (χ0) is 14.1. The fourth-order valence-corrected chi connectivity index (χ4v) is 1.84. The van der Waals surface area contributed by atoms with Crippen LogP contribution >= 0.6 is 0 Å². The van der Waals surface area contributed by atoms with Gasteiger partial charge in [-0.2, -0.15) is 13.2 Å². The molecule has 4 nitrogen and oxygen atoms in total. The lowest BCUT2D eigenvalue weighted by Crippen LogP contribution is -2.56. The second-order valence-electron chi connectivity index (χ2n) is 5.52. The van der Waals surface area contributed by atoms with Gasteiger partial charge in [-0.15, -0.1) is 0 Å². The zero-order valence-electron chi connectivity index (χ0n) is 10.8. The Hall–Kier alpha value is -0.980. The summed E-state index contributed by atoms with van der Waals surface area (Å²) in [5.74, 6) is 0. The van der Waals surface area contributed by atoms with E-state index in [2.05, 4.69) is 0 Å². The maximum atomic E-state index is 12.9. The van der Waals surface area contributed by atoms with Crippen molar-refractivity contribution in [3.05, 3.63) is 0 Å².